The van der Waals surface area contributed by atoms with Crippen LogP contribution in [0.5, 0.6) is 0 Å². The Bertz CT molecular complexity index is 843. The number of nitrogens with zero attached hydrogens (tertiary/aromatic N) is 3. The largest absolute Gasteiger partial charge is 0.348 e. The van der Waals surface area contributed by atoms with Crippen LogP contribution in [0.1, 0.15) is 30.7 Å². The van der Waals surface area contributed by atoms with Gasteiger partial charge in [-0.05, 0) is 37.1 Å². The highest BCUT2D eigenvalue weighted by Crippen LogP contribution is 2.20. The maximum atomic E-state index is 12.8. The average molecular weight is 349 g/mol. The van der Waals surface area contributed by atoms with Crippen LogP contribution in [0, 0.1) is 0 Å². The Labute approximate surface area is 152 Å². The molecule has 134 valence electrons. The van der Waals surface area contributed by atoms with Gasteiger partial charge in [-0.3, -0.25) is 9.69 Å². The Morgan fingerprint density at radius 1 is 1.19 bits per heavy atom. The molecule has 3 aromatic rings. The van der Waals surface area contributed by atoms with Crippen molar-refractivity contribution in [2.75, 3.05) is 6.54 Å². The lowest BCUT2D eigenvalue weighted by atomic mass is 10.0. The van der Waals surface area contributed by atoms with Crippen LogP contribution < -0.4 is 5.32 Å². The number of H-pyrrole nitrogens is 1. The number of aromatic amines is 1. The van der Waals surface area contributed by atoms with E-state index in [1.165, 1.54) is 5.56 Å². The number of piperidine rings is 1. The van der Waals surface area contributed by atoms with Gasteiger partial charge in [0.1, 0.15) is 5.82 Å². The maximum absolute atomic E-state index is 12.8. The van der Waals surface area contributed by atoms with Crippen LogP contribution in [0.15, 0.2) is 48.7 Å². The molecule has 0 radical (unpaired) electrons. The molecule has 1 fully saturated rings. The van der Waals surface area contributed by atoms with Gasteiger partial charge in [-0.1, -0.05) is 36.8 Å². The van der Waals surface area contributed by atoms with E-state index < -0.39 is 0 Å². The number of nitrogens with one attached hydrogen (secondary N) is 2. The number of benzene rings is 1. The van der Waals surface area contributed by atoms with Crippen LogP contribution in [0.4, 0.5) is 0 Å². The highest BCUT2D eigenvalue weighted by Gasteiger charge is 2.28. The first-order valence-corrected chi connectivity index (χ1v) is 9.15. The number of likely N-dealkylation sites (tertiary alicyclic amines) is 1. The number of rotatable bonds is 5. The molecule has 1 aliphatic rings. The number of hydrogen-bond donors (Lipinski definition) is 2. The van der Waals surface area contributed by atoms with Gasteiger partial charge in [0.2, 0.25) is 5.91 Å². The van der Waals surface area contributed by atoms with E-state index in [9.17, 15) is 4.79 Å². The lowest BCUT2D eigenvalue weighted by Gasteiger charge is -2.34. The van der Waals surface area contributed by atoms with Crippen molar-refractivity contribution in [2.24, 2.45) is 0 Å². The number of carbonyl (C=O) groups excluding carboxylic acids is 1. The SMILES string of the molecule is O=C(NCc1nc2ncccc2[nH]1)C1CCCCN1Cc1ccccc1. The molecule has 0 aliphatic carbocycles. The van der Waals surface area contributed by atoms with E-state index in [0.717, 1.165) is 43.7 Å². The molecule has 1 aromatic carbocycles. The van der Waals surface area contributed by atoms with Gasteiger partial charge < -0.3 is 10.3 Å². The summed E-state index contributed by atoms with van der Waals surface area (Å²) in [5, 5.41) is 3.04. The molecule has 2 aromatic heterocycles. The molecule has 1 saturated heterocycles. The molecule has 3 heterocycles. The van der Waals surface area contributed by atoms with Crippen LogP contribution in [0.25, 0.3) is 11.2 Å². The van der Waals surface area contributed by atoms with Crippen LogP contribution in [0.2, 0.25) is 0 Å². The molecule has 6 nitrogen and oxygen atoms in total. The van der Waals surface area contributed by atoms with Crippen molar-refractivity contribution in [2.45, 2.75) is 38.4 Å². The first-order chi connectivity index (χ1) is 12.8. The fourth-order valence-corrected chi connectivity index (χ4v) is 3.56. The summed E-state index contributed by atoms with van der Waals surface area (Å²) in [7, 11) is 0. The molecule has 1 unspecified atom stereocenters. The van der Waals surface area contributed by atoms with E-state index in [4.69, 9.17) is 0 Å². The number of pyridine rings is 1. The summed E-state index contributed by atoms with van der Waals surface area (Å²) in [6.07, 6.45) is 4.86. The van der Waals surface area contributed by atoms with E-state index in [0.29, 0.717) is 12.2 Å². The fraction of sp³-hybridized carbons (Fsp3) is 0.350. The zero-order chi connectivity index (χ0) is 17.8. The third-order valence-corrected chi connectivity index (χ3v) is 4.88. The van der Waals surface area contributed by atoms with E-state index in [1.807, 2.05) is 30.3 Å². The second-order valence-corrected chi connectivity index (χ2v) is 6.74. The molecule has 0 saturated carbocycles. The first kappa shape index (κ1) is 16.7. The number of amides is 1. The summed E-state index contributed by atoms with van der Waals surface area (Å²) in [5.41, 5.74) is 2.82. The van der Waals surface area contributed by atoms with Gasteiger partial charge in [0.05, 0.1) is 18.1 Å². The van der Waals surface area contributed by atoms with Crippen molar-refractivity contribution < 1.29 is 4.79 Å². The van der Waals surface area contributed by atoms with Crippen molar-refractivity contribution in [1.29, 1.82) is 0 Å². The quantitative estimate of drug-likeness (QED) is 0.743. The van der Waals surface area contributed by atoms with Crippen LogP contribution in [-0.2, 0) is 17.9 Å². The molecule has 0 spiro atoms. The topological polar surface area (TPSA) is 73.9 Å². The highest BCUT2D eigenvalue weighted by molar-refractivity contribution is 5.81. The van der Waals surface area contributed by atoms with Crippen molar-refractivity contribution in [3.63, 3.8) is 0 Å². The van der Waals surface area contributed by atoms with Crippen LogP contribution >= 0.6 is 0 Å². The third-order valence-electron chi connectivity index (χ3n) is 4.88. The van der Waals surface area contributed by atoms with Gasteiger partial charge in [-0.25, -0.2) is 9.97 Å². The number of carbonyl (C=O) groups is 1. The Morgan fingerprint density at radius 3 is 2.92 bits per heavy atom. The number of fused-ring (bicyclic) bond motifs is 1. The summed E-state index contributed by atoms with van der Waals surface area (Å²) < 4.78 is 0. The normalized spacial score (nSPS) is 18.1. The first-order valence-electron chi connectivity index (χ1n) is 9.15. The molecule has 26 heavy (non-hydrogen) atoms. The molecule has 4 rings (SSSR count). The lowest BCUT2D eigenvalue weighted by Crippen LogP contribution is -2.48. The number of hydrogen-bond acceptors (Lipinski definition) is 4. The van der Waals surface area contributed by atoms with Gasteiger partial charge in [0.25, 0.3) is 0 Å². The van der Waals surface area contributed by atoms with E-state index in [-0.39, 0.29) is 11.9 Å². The maximum Gasteiger partial charge on any atom is 0.237 e. The van der Waals surface area contributed by atoms with Crippen molar-refractivity contribution >= 4 is 17.1 Å². The third kappa shape index (κ3) is 3.75. The van der Waals surface area contributed by atoms with Crippen molar-refractivity contribution in [1.82, 2.24) is 25.2 Å². The van der Waals surface area contributed by atoms with Crippen molar-refractivity contribution in [3.8, 4) is 0 Å². The summed E-state index contributed by atoms with van der Waals surface area (Å²) in [5.74, 6) is 0.812. The standard InChI is InChI=1S/C20H23N5O/c26-20(22-13-18-23-16-9-6-11-21-19(16)24-18)17-10-4-5-12-25(17)14-15-7-2-1-3-8-15/h1-3,6-9,11,17H,4-5,10,12-14H2,(H,22,26)(H,21,23,24). The van der Waals surface area contributed by atoms with E-state index in [2.05, 4.69) is 37.3 Å². The van der Waals surface area contributed by atoms with E-state index in [1.54, 1.807) is 6.20 Å². The summed E-state index contributed by atoms with van der Waals surface area (Å²) in [4.78, 5) is 26.9. The zero-order valence-corrected chi connectivity index (χ0v) is 14.7. The lowest BCUT2D eigenvalue weighted by molar-refractivity contribution is -0.128. The highest BCUT2D eigenvalue weighted by atomic mass is 16.2. The Morgan fingerprint density at radius 2 is 2.08 bits per heavy atom. The molecule has 1 atom stereocenters. The predicted molar refractivity (Wildman–Crippen MR) is 100 cm³/mol. The molecule has 6 heteroatoms. The summed E-state index contributed by atoms with van der Waals surface area (Å²) in [6, 6.07) is 14.1. The number of aromatic nitrogens is 3. The predicted octanol–water partition coefficient (Wildman–Crippen LogP) is 2.63. The minimum absolute atomic E-state index is 0.0774. The Hall–Kier alpha value is -2.73. The van der Waals surface area contributed by atoms with Gasteiger partial charge >= 0.3 is 0 Å². The molecular weight excluding hydrogens is 326 g/mol. The van der Waals surface area contributed by atoms with Crippen LogP contribution in [0.3, 0.4) is 0 Å². The second kappa shape index (κ2) is 7.66. The minimum Gasteiger partial charge on any atom is -0.348 e. The van der Waals surface area contributed by atoms with Gasteiger partial charge in [-0.2, -0.15) is 0 Å². The Kier molecular flexibility index (Phi) is 4.93. The minimum atomic E-state index is -0.0774. The zero-order valence-electron chi connectivity index (χ0n) is 14.7. The van der Waals surface area contributed by atoms with Crippen LogP contribution in [-0.4, -0.2) is 38.3 Å². The average Bonchev–Trinajstić information content (AvgIpc) is 3.10. The molecule has 2 N–H and O–H groups in total. The second-order valence-electron chi connectivity index (χ2n) is 6.74. The molecule has 1 amide bonds. The monoisotopic (exact) mass is 349 g/mol. The van der Waals surface area contributed by atoms with Gasteiger partial charge in [0, 0.05) is 12.7 Å². The molecular formula is C20H23N5O. The Balaban J connectivity index is 1.40. The number of imidazole rings is 1. The smallest absolute Gasteiger partial charge is 0.237 e. The van der Waals surface area contributed by atoms with Crippen molar-refractivity contribution in [3.05, 3.63) is 60.0 Å². The molecule has 1 aliphatic heterocycles. The van der Waals surface area contributed by atoms with Gasteiger partial charge in [-0.15, -0.1) is 0 Å². The molecule has 0 bridgehead atoms. The summed E-state index contributed by atoms with van der Waals surface area (Å²) in [6.45, 7) is 2.17. The van der Waals surface area contributed by atoms with Gasteiger partial charge in [0.15, 0.2) is 5.65 Å². The summed E-state index contributed by atoms with van der Waals surface area (Å²) >= 11 is 0. The fourth-order valence-electron chi connectivity index (χ4n) is 3.56. The van der Waals surface area contributed by atoms with E-state index >= 15 is 0 Å².